The standard InChI is InChI=1S/C16H27FN4/c1-12(16(18)15-6-5-14(17)9-19-15)10-21-8-4-7-20(3)11-13(21)2/h5-6,9,12-13,16H,4,7-8,10-11,18H2,1-3H3. The van der Waals surface area contributed by atoms with E-state index in [1.807, 2.05) is 0 Å². The average Bonchev–Trinajstić information content (AvgIpc) is 2.60. The molecule has 1 saturated heterocycles. The second-order valence-corrected chi connectivity index (χ2v) is 6.36. The van der Waals surface area contributed by atoms with Crippen molar-refractivity contribution in [3.05, 3.63) is 29.8 Å². The molecule has 1 fully saturated rings. The van der Waals surface area contributed by atoms with Gasteiger partial charge in [0.05, 0.1) is 17.9 Å². The first-order chi connectivity index (χ1) is 9.97. The van der Waals surface area contributed by atoms with E-state index in [1.165, 1.54) is 18.7 Å². The number of hydrogen-bond acceptors (Lipinski definition) is 4. The van der Waals surface area contributed by atoms with E-state index >= 15 is 0 Å². The Balaban J connectivity index is 1.96. The summed E-state index contributed by atoms with van der Waals surface area (Å²) in [6.45, 7) is 8.74. The van der Waals surface area contributed by atoms with Crippen LogP contribution in [0.2, 0.25) is 0 Å². The zero-order valence-electron chi connectivity index (χ0n) is 13.3. The Morgan fingerprint density at radius 1 is 1.43 bits per heavy atom. The molecule has 2 N–H and O–H groups in total. The molecule has 0 aromatic carbocycles. The van der Waals surface area contributed by atoms with Gasteiger partial charge in [-0.2, -0.15) is 0 Å². The molecule has 3 atom stereocenters. The van der Waals surface area contributed by atoms with Gasteiger partial charge >= 0.3 is 0 Å². The molecule has 5 heteroatoms. The molecule has 2 heterocycles. The predicted molar refractivity (Wildman–Crippen MR) is 83.4 cm³/mol. The summed E-state index contributed by atoms with van der Waals surface area (Å²) in [6.07, 6.45) is 2.43. The van der Waals surface area contributed by atoms with Gasteiger partial charge in [0.15, 0.2) is 0 Å². The molecule has 0 aliphatic carbocycles. The number of aromatic nitrogens is 1. The van der Waals surface area contributed by atoms with Gasteiger partial charge in [0, 0.05) is 19.1 Å². The van der Waals surface area contributed by atoms with Gasteiger partial charge < -0.3 is 10.6 Å². The minimum Gasteiger partial charge on any atom is -0.322 e. The highest BCUT2D eigenvalue weighted by Gasteiger charge is 2.24. The average molecular weight is 294 g/mol. The first-order valence-corrected chi connectivity index (χ1v) is 7.77. The molecule has 0 saturated carbocycles. The lowest BCUT2D eigenvalue weighted by Gasteiger charge is -2.32. The Labute approximate surface area is 127 Å². The zero-order chi connectivity index (χ0) is 15.4. The monoisotopic (exact) mass is 294 g/mol. The number of pyridine rings is 1. The molecule has 0 bridgehead atoms. The van der Waals surface area contributed by atoms with Crippen molar-refractivity contribution in [3.63, 3.8) is 0 Å². The Kier molecular flexibility index (Phi) is 5.67. The molecule has 1 aliphatic rings. The van der Waals surface area contributed by atoms with Crippen LogP contribution in [0.5, 0.6) is 0 Å². The van der Waals surface area contributed by atoms with Crippen LogP contribution < -0.4 is 5.73 Å². The third-order valence-electron chi connectivity index (χ3n) is 4.41. The minimum atomic E-state index is -0.317. The van der Waals surface area contributed by atoms with Crippen LogP contribution in [-0.4, -0.2) is 54.1 Å². The second-order valence-electron chi connectivity index (χ2n) is 6.36. The van der Waals surface area contributed by atoms with Crippen molar-refractivity contribution in [3.8, 4) is 0 Å². The van der Waals surface area contributed by atoms with Gasteiger partial charge in [0.25, 0.3) is 0 Å². The highest BCUT2D eigenvalue weighted by Crippen LogP contribution is 2.20. The summed E-state index contributed by atoms with van der Waals surface area (Å²) in [5.41, 5.74) is 7.06. The molecule has 3 unspecified atom stereocenters. The summed E-state index contributed by atoms with van der Waals surface area (Å²) in [7, 11) is 2.18. The highest BCUT2D eigenvalue weighted by molar-refractivity contribution is 5.10. The summed E-state index contributed by atoms with van der Waals surface area (Å²) in [4.78, 5) is 9.01. The van der Waals surface area contributed by atoms with Gasteiger partial charge in [-0.05, 0) is 51.5 Å². The van der Waals surface area contributed by atoms with Crippen molar-refractivity contribution >= 4 is 0 Å². The fourth-order valence-corrected chi connectivity index (χ4v) is 3.05. The third-order valence-corrected chi connectivity index (χ3v) is 4.41. The molecule has 0 amide bonds. The lowest BCUT2D eigenvalue weighted by atomic mass is 9.98. The van der Waals surface area contributed by atoms with Crippen molar-refractivity contribution in [2.75, 3.05) is 33.2 Å². The molecule has 1 aliphatic heterocycles. The third kappa shape index (κ3) is 4.46. The van der Waals surface area contributed by atoms with Crippen LogP contribution >= 0.6 is 0 Å². The van der Waals surface area contributed by atoms with Crippen LogP contribution in [0.1, 0.15) is 32.0 Å². The number of nitrogens with zero attached hydrogens (tertiary/aromatic N) is 3. The van der Waals surface area contributed by atoms with Crippen LogP contribution in [0.15, 0.2) is 18.3 Å². The van der Waals surface area contributed by atoms with Crippen LogP contribution in [0.25, 0.3) is 0 Å². The van der Waals surface area contributed by atoms with E-state index in [4.69, 9.17) is 5.73 Å². The van der Waals surface area contributed by atoms with E-state index < -0.39 is 0 Å². The van der Waals surface area contributed by atoms with Gasteiger partial charge in [-0.15, -0.1) is 0 Å². The van der Waals surface area contributed by atoms with Crippen molar-refractivity contribution in [1.29, 1.82) is 0 Å². The summed E-state index contributed by atoms with van der Waals surface area (Å²) < 4.78 is 12.9. The molecule has 118 valence electrons. The van der Waals surface area contributed by atoms with Crippen LogP contribution in [0, 0.1) is 11.7 Å². The number of nitrogens with two attached hydrogens (primary N) is 1. The molecule has 4 nitrogen and oxygen atoms in total. The lowest BCUT2D eigenvalue weighted by molar-refractivity contribution is 0.168. The van der Waals surface area contributed by atoms with E-state index in [0.717, 1.165) is 31.9 Å². The van der Waals surface area contributed by atoms with Gasteiger partial charge in [-0.1, -0.05) is 6.92 Å². The first kappa shape index (κ1) is 16.3. The van der Waals surface area contributed by atoms with Crippen LogP contribution in [-0.2, 0) is 0 Å². The Hall–Kier alpha value is -1.04. The van der Waals surface area contributed by atoms with Crippen molar-refractivity contribution < 1.29 is 4.39 Å². The molecule has 0 radical (unpaired) electrons. The van der Waals surface area contributed by atoms with E-state index in [1.54, 1.807) is 6.07 Å². The van der Waals surface area contributed by atoms with Crippen molar-refractivity contribution in [2.24, 2.45) is 11.7 Å². The van der Waals surface area contributed by atoms with E-state index in [0.29, 0.717) is 6.04 Å². The van der Waals surface area contributed by atoms with Crippen LogP contribution in [0.4, 0.5) is 4.39 Å². The quantitative estimate of drug-likeness (QED) is 0.921. The summed E-state index contributed by atoms with van der Waals surface area (Å²) in [6, 6.07) is 3.50. The predicted octanol–water partition coefficient (Wildman–Crippen LogP) is 1.88. The number of likely N-dealkylation sites (N-methyl/N-ethyl adjacent to an activating group) is 1. The zero-order valence-corrected chi connectivity index (χ0v) is 13.3. The maximum absolute atomic E-state index is 12.9. The lowest BCUT2D eigenvalue weighted by Crippen LogP contribution is -2.42. The smallest absolute Gasteiger partial charge is 0.141 e. The van der Waals surface area contributed by atoms with Gasteiger partial charge in [0.1, 0.15) is 5.82 Å². The topological polar surface area (TPSA) is 45.4 Å². The summed E-state index contributed by atoms with van der Waals surface area (Å²) in [5.74, 6) is -0.0309. The first-order valence-electron chi connectivity index (χ1n) is 7.77. The van der Waals surface area contributed by atoms with Crippen molar-refractivity contribution in [1.82, 2.24) is 14.8 Å². The SMILES string of the molecule is CC(CN1CCCN(C)CC1C)C(N)c1ccc(F)cn1. The molecule has 21 heavy (non-hydrogen) atoms. The van der Waals surface area contributed by atoms with E-state index in [9.17, 15) is 4.39 Å². The molecule has 1 aromatic heterocycles. The van der Waals surface area contributed by atoms with Gasteiger partial charge in [0.2, 0.25) is 0 Å². The van der Waals surface area contributed by atoms with Gasteiger partial charge in [-0.3, -0.25) is 9.88 Å². The minimum absolute atomic E-state index is 0.154. The summed E-state index contributed by atoms with van der Waals surface area (Å²) in [5, 5.41) is 0. The molecule has 1 aromatic rings. The number of halogens is 1. The van der Waals surface area contributed by atoms with E-state index in [2.05, 4.69) is 35.7 Å². The normalized spacial score (nSPS) is 24.5. The number of hydrogen-bond donors (Lipinski definition) is 1. The summed E-state index contributed by atoms with van der Waals surface area (Å²) >= 11 is 0. The highest BCUT2D eigenvalue weighted by atomic mass is 19.1. The largest absolute Gasteiger partial charge is 0.322 e. The molecular weight excluding hydrogens is 267 g/mol. The molecular formula is C16H27FN4. The Morgan fingerprint density at radius 3 is 2.86 bits per heavy atom. The number of rotatable bonds is 4. The molecule has 0 spiro atoms. The second kappa shape index (κ2) is 7.29. The fourth-order valence-electron chi connectivity index (χ4n) is 3.05. The maximum atomic E-state index is 12.9. The van der Waals surface area contributed by atoms with Crippen LogP contribution in [0.3, 0.4) is 0 Å². The van der Waals surface area contributed by atoms with E-state index in [-0.39, 0.29) is 17.8 Å². The van der Waals surface area contributed by atoms with Gasteiger partial charge in [-0.25, -0.2) is 4.39 Å². The Morgan fingerprint density at radius 2 is 2.19 bits per heavy atom. The Bertz CT molecular complexity index is 436. The molecule has 2 rings (SSSR count). The maximum Gasteiger partial charge on any atom is 0.141 e. The fraction of sp³-hybridized carbons (Fsp3) is 0.688. The van der Waals surface area contributed by atoms with Crippen molar-refractivity contribution in [2.45, 2.75) is 32.4 Å².